The van der Waals surface area contributed by atoms with E-state index in [0.29, 0.717) is 6.61 Å². The highest BCUT2D eigenvalue weighted by atomic mass is 16.5. The molecule has 4 heteroatoms. The fourth-order valence-electron chi connectivity index (χ4n) is 1.61. The van der Waals surface area contributed by atoms with Gasteiger partial charge in [-0.3, -0.25) is 0 Å². The van der Waals surface area contributed by atoms with Crippen LogP contribution in [0.3, 0.4) is 0 Å². The Hall–Kier alpha value is -1.55. The number of rotatable bonds is 7. The first-order chi connectivity index (χ1) is 8.31. The van der Waals surface area contributed by atoms with E-state index in [1.54, 1.807) is 0 Å². The van der Waals surface area contributed by atoms with Gasteiger partial charge < -0.3 is 14.8 Å². The van der Waals surface area contributed by atoms with Crippen molar-refractivity contribution < 1.29 is 9.94 Å². The zero-order valence-corrected chi connectivity index (χ0v) is 10.5. The Labute approximate surface area is 103 Å². The van der Waals surface area contributed by atoms with Gasteiger partial charge in [0.15, 0.2) is 0 Å². The van der Waals surface area contributed by atoms with E-state index in [1.807, 2.05) is 24.3 Å². The molecule has 4 nitrogen and oxygen atoms in total. The number of para-hydroxylation sites is 1. The number of ether oxygens (including phenoxy) is 1. The van der Waals surface area contributed by atoms with E-state index in [0.717, 1.165) is 30.9 Å². The lowest BCUT2D eigenvalue weighted by Crippen LogP contribution is -2.28. The van der Waals surface area contributed by atoms with Crippen LogP contribution in [0.25, 0.3) is 0 Å². The minimum absolute atomic E-state index is 0.637. The second-order valence-electron chi connectivity index (χ2n) is 3.66. The summed E-state index contributed by atoms with van der Waals surface area (Å²) in [7, 11) is 0. The van der Waals surface area contributed by atoms with Crippen LogP contribution in [0.2, 0.25) is 0 Å². The van der Waals surface area contributed by atoms with Gasteiger partial charge in [0.1, 0.15) is 12.4 Å². The van der Waals surface area contributed by atoms with Crippen LogP contribution in [0.15, 0.2) is 29.4 Å². The quantitative estimate of drug-likeness (QED) is 0.448. The third-order valence-corrected chi connectivity index (χ3v) is 2.68. The summed E-state index contributed by atoms with van der Waals surface area (Å²) in [5.41, 5.74) is 0.787. The Morgan fingerprint density at radius 1 is 1.29 bits per heavy atom. The molecule has 0 atom stereocenters. The van der Waals surface area contributed by atoms with E-state index >= 15 is 0 Å². The van der Waals surface area contributed by atoms with Gasteiger partial charge in [0.2, 0.25) is 0 Å². The first-order valence-corrected chi connectivity index (χ1v) is 5.93. The fraction of sp³-hybridized carbons (Fsp3) is 0.462. The van der Waals surface area contributed by atoms with Crippen LogP contribution in [0.4, 0.5) is 0 Å². The van der Waals surface area contributed by atoms with Crippen LogP contribution in [0.5, 0.6) is 5.75 Å². The minimum Gasteiger partial charge on any atom is -0.492 e. The molecule has 0 heterocycles. The molecule has 1 N–H and O–H groups in total. The molecule has 0 aliphatic rings. The molecule has 0 saturated carbocycles. The third kappa shape index (κ3) is 4.44. The van der Waals surface area contributed by atoms with Gasteiger partial charge in [-0.15, -0.1) is 0 Å². The minimum atomic E-state index is 0.637. The van der Waals surface area contributed by atoms with Gasteiger partial charge in [-0.2, -0.15) is 0 Å². The maximum Gasteiger partial charge on any atom is 0.128 e. The predicted octanol–water partition coefficient (Wildman–Crippen LogP) is 2.22. The van der Waals surface area contributed by atoms with Crippen molar-refractivity contribution in [3.05, 3.63) is 29.8 Å². The van der Waals surface area contributed by atoms with Crippen LogP contribution in [0, 0.1) is 0 Å². The van der Waals surface area contributed by atoms with Crippen LogP contribution in [-0.4, -0.2) is 42.6 Å². The van der Waals surface area contributed by atoms with E-state index < -0.39 is 0 Å². The van der Waals surface area contributed by atoms with Crippen molar-refractivity contribution in [3.63, 3.8) is 0 Å². The number of oxime groups is 1. The maximum atomic E-state index is 8.54. The van der Waals surface area contributed by atoms with E-state index in [1.165, 1.54) is 6.21 Å². The molecule has 0 bridgehead atoms. The van der Waals surface area contributed by atoms with Crippen LogP contribution < -0.4 is 4.74 Å². The van der Waals surface area contributed by atoms with Gasteiger partial charge in [0.25, 0.3) is 0 Å². The molecular weight excluding hydrogens is 216 g/mol. The monoisotopic (exact) mass is 236 g/mol. The Bertz CT molecular complexity index is 349. The molecule has 1 aromatic carbocycles. The van der Waals surface area contributed by atoms with Crippen molar-refractivity contribution in [3.8, 4) is 5.75 Å². The molecule has 1 aromatic rings. The molecule has 0 spiro atoms. The highest BCUT2D eigenvalue weighted by Crippen LogP contribution is 2.15. The molecule has 0 radical (unpaired) electrons. The Morgan fingerprint density at radius 3 is 2.65 bits per heavy atom. The smallest absolute Gasteiger partial charge is 0.128 e. The second-order valence-corrected chi connectivity index (χ2v) is 3.66. The summed E-state index contributed by atoms with van der Waals surface area (Å²) in [4.78, 5) is 2.29. The first-order valence-electron chi connectivity index (χ1n) is 5.93. The number of nitrogens with zero attached hydrogens (tertiary/aromatic N) is 2. The number of hydrogen-bond donors (Lipinski definition) is 1. The van der Waals surface area contributed by atoms with Crippen molar-refractivity contribution in [1.29, 1.82) is 0 Å². The average molecular weight is 236 g/mol. The van der Waals surface area contributed by atoms with Crippen molar-refractivity contribution in [2.45, 2.75) is 13.8 Å². The zero-order chi connectivity index (χ0) is 12.5. The van der Waals surface area contributed by atoms with Crippen molar-refractivity contribution in [2.24, 2.45) is 5.16 Å². The third-order valence-electron chi connectivity index (χ3n) is 2.68. The van der Waals surface area contributed by atoms with Gasteiger partial charge in [-0.05, 0) is 25.2 Å². The van der Waals surface area contributed by atoms with Crippen LogP contribution in [-0.2, 0) is 0 Å². The summed E-state index contributed by atoms with van der Waals surface area (Å²) in [5.74, 6) is 0.748. The molecular formula is C13H20N2O2. The fourth-order valence-corrected chi connectivity index (χ4v) is 1.61. The Balaban J connectivity index is 2.51. The summed E-state index contributed by atoms with van der Waals surface area (Å²) in [6.45, 7) is 7.86. The molecule has 0 unspecified atom stereocenters. The van der Waals surface area contributed by atoms with E-state index in [4.69, 9.17) is 9.94 Å². The normalized spacial score (nSPS) is 11.2. The number of likely N-dealkylation sites (N-methyl/N-ethyl adjacent to an activating group) is 1. The van der Waals surface area contributed by atoms with Crippen molar-refractivity contribution in [2.75, 3.05) is 26.2 Å². The first kappa shape index (κ1) is 13.5. The van der Waals surface area contributed by atoms with Gasteiger partial charge in [-0.1, -0.05) is 31.1 Å². The topological polar surface area (TPSA) is 45.1 Å². The lowest BCUT2D eigenvalue weighted by Gasteiger charge is -2.18. The largest absolute Gasteiger partial charge is 0.492 e. The average Bonchev–Trinajstić information content (AvgIpc) is 2.37. The van der Waals surface area contributed by atoms with Gasteiger partial charge >= 0.3 is 0 Å². The Morgan fingerprint density at radius 2 is 2.00 bits per heavy atom. The van der Waals surface area contributed by atoms with E-state index in [9.17, 15) is 0 Å². The highest BCUT2D eigenvalue weighted by molar-refractivity contribution is 5.82. The van der Waals surface area contributed by atoms with E-state index in [-0.39, 0.29) is 0 Å². The molecule has 0 aliphatic heterocycles. The molecule has 1 rings (SSSR count). The summed E-state index contributed by atoms with van der Waals surface area (Å²) in [6.07, 6.45) is 1.38. The molecule has 0 fully saturated rings. The molecule has 0 saturated heterocycles. The number of hydrogen-bond acceptors (Lipinski definition) is 4. The molecule has 0 amide bonds. The van der Waals surface area contributed by atoms with E-state index in [2.05, 4.69) is 23.9 Å². The molecule has 0 aromatic heterocycles. The SMILES string of the molecule is CCN(CC)CCOc1ccccc1/C=N/O. The summed E-state index contributed by atoms with van der Waals surface area (Å²) in [6, 6.07) is 7.52. The molecule has 0 aliphatic carbocycles. The van der Waals surface area contributed by atoms with Crippen molar-refractivity contribution >= 4 is 6.21 Å². The van der Waals surface area contributed by atoms with Gasteiger partial charge in [0.05, 0.1) is 6.21 Å². The molecule has 94 valence electrons. The van der Waals surface area contributed by atoms with Gasteiger partial charge in [0, 0.05) is 12.1 Å². The van der Waals surface area contributed by atoms with Gasteiger partial charge in [-0.25, -0.2) is 0 Å². The summed E-state index contributed by atoms with van der Waals surface area (Å²) in [5, 5.41) is 11.6. The Kier molecular flexibility index (Phi) is 6.10. The maximum absolute atomic E-state index is 8.54. The summed E-state index contributed by atoms with van der Waals surface area (Å²) >= 11 is 0. The van der Waals surface area contributed by atoms with Crippen LogP contribution >= 0.6 is 0 Å². The standard InChI is InChI=1S/C13H20N2O2/c1-3-15(4-2)9-10-17-13-8-6-5-7-12(13)11-14-16/h5-8,11,16H,3-4,9-10H2,1-2H3/b14-11+. The summed E-state index contributed by atoms with van der Waals surface area (Å²) < 4.78 is 5.68. The predicted molar refractivity (Wildman–Crippen MR) is 69.1 cm³/mol. The lowest BCUT2D eigenvalue weighted by molar-refractivity contribution is 0.222. The van der Waals surface area contributed by atoms with Crippen LogP contribution in [0.1, 0.15) is 19.4 Å². The number of benzene rings is 1. The zero-order valence-electron chi connectivity index (χ0n) is 10.5. The highest BCUT2D eigenvalue weighted by Gasteiger charge is 2.02. The van der Waals surface area contributed by atoms with Crippen molar-refractivity contribution in [1.82, 2.24) is 4.90 Å². The second kappa shape index (κ2) is 7.68. The molecule has 17 heavy (non-hydrogen) atoms. The lowest BCUT2D eigenvalue weighted by atomic mass is 10.2.